The van der Waals surface area contributed by atoms with E-state index in [0.717, 1.165) is 18.5 Å². The van der Waals surface area contributed by atoms with E-state index in [1.54, 1.807) is 4.90 Å². The van der Waals surface area contributed by atoms with E-state index in [2.05, 4.69) is 5.32 Å². The second-order valence-electron chi connectivity index (χ2n) is 8.58. The van der Waals surface area contributed by atoms with Crippen LogP contribution in [-0.2, 0) is 11.2 Å². The topological polar surface area (TPSA) is 35.6 Å². The van der Waals surface area contributed by atoms with Crippen molar-refractivity contribution in [2.24, 2.45) is 0 Å². The molecule has 0 radical (unpaired) electrons. The first-order valence-electron chi connectivity index (χ1n) is 11.7. The van der Waals surface area contributed by atoms with Gasteiger partial charge in [0.25, 0.3) is 0 Å². The molecule has 1 amide bonds. The number of aryl methyl sites for hydroxylation is 1. The molecule has 4 nitrogen and oxygen atoms in total. The lowest BCUT2D eigenvalue weighted by atomic mass is 10.0. The molecule has 1 N–H and O–H groups in total. The molecule has 1 aliphatic heterocycles. The van der Waals surface area contributed by atoms with E-state index in [9.17, 15) is 4.79 Å². The highest BCUT2D eigenvalue weighted by Gasteiger charge is 2.41. The SMILES string of the molecule is C1CCCCCCC1.CN1CCCN(C(NC(=O)CCc2ccccc2)C(Cl)(Cl)Cl)C1=S. The van der Waals surface area contributed by atoms with E-state index in [4.69, 9.17) is 47.0 Å². The summed E-state index contributed by atoms with van der Waals surface area (Å²) in [6.07, 6.45) is 13.0. The second kappa shape index (κ2) is 14.5. The molecule has 1 heterocycles. The van der Waals surface area contributed by atoms with Gasteiger partial charge in [-0.2, -0.15) is 0 Å². The number of nitrogens with one attached hydrogen (secondary N) is 1. The van der Waals surface area contributed by atoms with Crippen LogP contribution >= 0.6 is 47.0 Å². The van der Waals surface area contributed by atoms with Gasteiger partial charge in [-0.25, -0.2) is 0 Å². The highest BCUT2D eigenvalue weighted by Crippen LogP contribution is 2.33. The molecule has 1 aromatic rings. The zero-order valence-electron chi connectivity index (χ0n) is 19.0. The fourth-order valence-corrected chi connectivity index (χ4v) is 4.81. The van der Waals surface area contributed by atoms with E-state index < -0.39 is 9.96 Å². The number of hydrogen-bond acceptors (Lipinski definition) is 2. The quantitative estimate of drug-likeness (QED) is 0.356. The summed E-state index contributed by atoms with van der Waals surface area (Å²) in [6, 6.07) is 9.79. The fraction of sp³-hybridized carbons (Fsp3) is 0.667. The molecular formula is C24H36Cl3N3OS. The monoisotopic (exact) mass is 519 g/mol. The number of hydrogen-bond donors (Lipinski definition) is 1. The summed E-state index contributed by atoms with van der Waals surface area (Å²) >= 11 is 23.7. The maximum Gasteiger partial charge on any atom is 0.228 e. The van der Waals surface area contributed by atoms with Crippen molar-refractivity contribution in [2.45, 2.75) is 80.6 Å². The molecule has 0 aromatic heterocycles. The fourth-order valence-electron chi connectivity index (χ4n) is 4.01. The lowest BCUT2D eigenvalue weighted by Crippen LogP contribution is -2.62. The molecule has 3 rings (SSSR count). The number of halogens is 3. The first-order valence-corrected chi connectivity index (χ1v) is 13.2. The first-order chi connectivity index (χ1) is 15.3. The van der Waals surface area contributed by atoms with Gasteiger partial charge in [0, 0.05) is 26.6 Å². The van der Waals surface area contributed by atoms with E-state index in [1.165, 1.54) is 51.4 Å². The van der Waals surface area contributed by atoms with Gasteiger partial charge < -0.3 is 15.1 Å². The molecule has 1 unspecified atom stereocenters. The number of amides is 1. The Hall–Kier alpha value is -0.750. The molecule has 0 bridgehead atoms. The van der Waals surface area contributed by atoms with Crippen LogP contribution in [0.4, 0.5) is 0 Å². The molecule has 1 saturated heterocycles. The Morgan fingerprint density at radius 2 is 1.50 bits per heavy atom. The number of thiocarbonyl (C=S) groups is 1. The van der Waals surface area contributed by atoms with Gasteiger partial charge in [-0.05, 0) is 30.6 Å². The van der Waals surface area contributed by atoms with Crippen LogP contribution in [0.5, 0.6) is 0 Å². The van der Waals surface area contributed by atoms with Gasteiger partial charge in [-0.1, -0.05) is 117 Å². The summed E-state index contributed by atoms with van der Waals surface area (Å²) in [7, 11) is 1.89. The number of rotatable bonds is 5. The van der Waals surface area contributed by atoms with Crippen molar-refractivity contribution in [3.63, 3.8) is 0 Å². The summed E-state index contributed by atoms with van der Waals surface area (Å²) in [6.45, 7) is 1.49. The highest BCUT2D eigenvalue weighted by atomic mass is 35.6. The van der Waals surface area contributed by atoms with Crippen LogP contribution in [0.15, 0.2) is 30.3 Å². The lowest BCUT2D eigenvalue weighted by Gasteiger charge is -2.43. The highest BCUT2D eigenvalue weighted by molar-refractivity contribution is 7.80. The largest absolute Gasteiger partial charge is 0.352 e. The maximum atomic E-state index is 12.3. The molecular weight excluding hydrogens is 485 g/mol. The number of alkyl halides is 3. The minimum absolute atomic E-state index is 0.175. The predicted octanol–water partition coefficient (Wildman–Crippen LogP) is 6.47. The molecule has 32 heavy (non-hydrogen) atoms. The normalized spacial score (nSPS) is 18.7. The summed E-state index contributed by atoms with van der Waals surface area (Å²) in [5.74, 6) is -0.175. The summed E-state index contributed by atoms with van der Waals surface area (Å²) in [5, 5.41) is 3.40. The molecule has 1 saturated carbocycles. The van der Waals surface area contributed by atoms with Crippen LogP contribution in [0.1, 0.15) is 69.8 Å². The first kappa shape index (κ1) is 27.5. The predicted molar refractivity (Wildman–Crippen MR) is 140 cm³/mol. The van der Waals surface area contributed by atoms with Crippen molar-refractivity contribution in [3.8, 4) is 0 Å². The van der Waals surface area contributed by atoms with Gasteiger partial charge in [-0.15, -0.1) is 0 Å². The zero-order valence-corrected chi connectivity index (χ0v) is 22.1. The van der Waals surface area contributed by atoms with Crippen LogP contribution in [0, 0.1) is 0 Å². The Morgan fingerprint density at radius 3 is 2.00 bits per heavy atom. The van der Waals surface area contributed by atoms with E-state index in [1.807, 2.05) is 42.3 Å². The van der Waals surface area contributed by atoms with Gasteiger partial charge >= 0.3 is 0 Å². The standard InChI is InChI=1S/C16H20Cl3N3OS.C8H16/c1-21-10-5-11-22(15(21)24)14(16(17,18)19)20-13(23)9-8-12-6-3-2-4-7-12;1-2-4-6-8-7-5-3-1/h2-4,6-7,14H,5,8-11H2,1H3,(H,20,23);1-8H2. The van der Waals surface area contributed by atoms with Crippen molar-refractivity contribution in [1.29, 1.82) is 0 Å². The van der Waals surface area contributed by atoms with Crippen LogP contribution in [0.25, 0.3) is 0 Å². The van der Waals surface area contributed by atoms with Gasteiger partial charge in [0.05, 0.1) is 0 Å². The van der Waals surface area contributed by atoms with Crippen LogP contribution in [-0.4, -0.2) is 50.9 Å². The van der Waals surface area contributed by atoms with Crippen LogP contribution < -0.4 is 5.32 Å². The van der Waals surface area contributed by atoms with Crippen molar-refractivity contribution < 1.29 is 4.79 Å². The van der Waals surface area contributed by atoms with Gasteiger partial charge in [0.1, 0.15) is 0 Å². The average Bonchev–Trinajstić information content (AvgIpc) is 2.73. The van der Waals surface area contributed by atoms with Gasteiger partial charge in [0.15, 0.2) is 11.3 Å². The molecule has 1 atom stereocenters. The Labute approximate surface area is 213 Å². The summed E-state index contributed by atoms with van der Waals surface area (Å²) < 4.78 is -1.68. The van der Waals surface area contributed by atoms with Crippen molar-refractivity contribution in [2.75, 3.05) is 20.1 Å². The third-order valence-electron chi connectivity index (χ3n) is 5.87. The third kappa shape index (κ3) is 10.0. The van der Waals surface area contributed by atoms with Crippen LogP contribution in [0.3, 0.4) is 0 Å². The number of nitrogens with zero attached hydrogens (tertiary/aromatic N) is 2. The molecule has 1 aliphatic carbocycles. The Morgan fingerprint density at radius 1 is 0.969 bits per heavy atom. The van der Waals surface area contributed by atoms with Crippen molar-refractivity contribution in [1.82, 2.24) is 15.1 Å². The van der Waals surface area contributed by atoms with E-state index in [-0.39, 0.29) is 5.91 Å². The smallest absolute Gasteiger partial charge is 0.228 e. The van der Waals surface area contributed by atoms with Gasteiger partial charge in [0.2, 0.25) is 9.70 Å². The minimum atomic E-state index is -1.68. The van der Waals surface area contributed by atoms with Crippen molar-refractivity contribution in [3.05, 3.63) is 35.9 Å². The average molecular weight is 521 g/mol. The van der Waals surface area contributed by atoms with E-state index >= 15 is 0 Å². The van der Waals surface area contributed by atoms with Crippen LogP contribution in [0.2, 0.25) is 0 Å². The molecule has 1 aromatic carbocycles. The zero-order chi connectivity index (χ0) is 23.4. The lowest BCUT2D eigenvalue weighted by molar-refractivity contribution is -0.122. The second-order valence-corrected chi connectivity index (χ2v) is 11.3. The molecule has 2 aliphatic rings. The number of carbonyl (C=O) groups excluding carboxylic acids is 1. The Balaban J connectivity index is 0.000000380. The molecule has 2 fully saturated rings. The maximum absolute atomic E-state index is 12.3. The number of carbonyl (C=O) groups is 1. The molecule has 8 heteroatoms. The molecule has 0 spiro atoms. The van der Waals surface area contributed by atoms with E-state index in [0.29, 0.717) is 24.5 Å². The van der Waals surface area contributed by atoms with Crippen molar-refractivity contribution >= 4 is 58.0 Å². The minimum Gasteiger partial charge on any atom is -0.352 e. The van der Waals surface area contributed by atoms with Gasteiger partial charge in [-0.3, -0.25) is 4.79 Å². The molecule has 180 valence electrons. The third-order valence-corrected chi connectivity index (χ3v) is 7.03. The number of benzene rings is 1. The summed E-state index contributed by atoms with van der Waals surface area (Å²) in [5.41, 5.74) is 1.09. The summed E-state index contributed by atoms with van der Waals surface area (Å²) in [4.78, 5) is 16.0. The Kier molecular flexibility index (Phi) is 12.5. The Bertz CT molecular complexity index is 675.